The molecule has 1 aliphatic rings. The third kappa shape index (κ3) is 4.29. The summed E-state index contributed by atoms with van der Waals surface area (Å²) in [5, 5.41) is 3.06. The van der Waals surface area contributed by atoms with Crippen molar-refractivity contribution in [2.75, 3.05) is 19.7 Å². The summed E-state index contributed by atoms with van der Waals surface area (Å²) < 4.78 is 4.95. The van der Waals surface area contributed by atoms with Crippen molar-refractivity contribution in [3.8, 4) is 0 Å². The minimum absolute atomic E-state index is 0.00366. The summed E-state index contributed by atoms with van der Waals surface area (Å²) in [7, 11) is 0. The summed E-state index contributed by atoms with van der Waals surface area (Å²) in [6.07, 6.45) is 3.80. The van der Waals surface area contributed by atoms with E-state index in [9.17, 15) is 9.59 Å². The number of rotatable bonds is 3. The van der Waals surface area contributed by atoms with Crippen LogP contribution in [0.3, 0.4) is 0 Å². The summed E-state index contributed by atoms with van der Waals surface area (Å²) in [4.78, 5) is 33.0. The fourth-order valence-electron chi connectivity index (χ4n) is 2.13. The van der Waals surface area contributed by atoms with Gasteiger partial charge in [-0.2, -0.15) is 0 Å². The summed E-state index contributed by atoms with van der Waals surface area (Å²) >= 11 is 5.70. The standard InChI is InChI=1S/C13H17ClN4O3/c1-2-21-13(20)18-5-3-9(4-6-18)16-12(19)10-7-15-8-11(14)17-10/h7-9H,2-6H2,1H3,(H,16,19). The second-order valence-electron chi connectivity index (χ2n) is 4.66. The van der Waals surface area contributed by atoms with Crippen molar-refractivity contribution in [1.82, 2.24) is 20.2 Å². The molecule has 0 aliphatic carbocycles. The minimum Gasteiger partial charge on any atom is -0.450 e. The van der Waals surface area contributed by atoms with Crippen LogP contribution in [0.15, 0.2) is 12.4 Å². The van der Waals surface area contributed by atoms with E-state index >= 15 is 0 Å². The molecule has 7 nitrogen and oxygen atoms in total. The summed E-state index contributed by atoms with van der Waals surface area (Å²) in [5.41, 5.74) is 0.190. The Hall–Kier alpha value is -1.89. The first-order valence-corrected chi connectivity index (χ1v) is 7.18. The molecule has 2 heterocycles. The van der Waals surface area contributed by atoms with Crippen molar-refractivity contribution >= 4 is 23.6 Å². The van der Waals surface area contributed by atoms with E-state index in [1.54, 1.807) is 11.8 Å². The molecule has 1 aliphatic heterocycles. The van der Waals surface area contributed by atoms with E-state index < -0.39 is 0 Å². The Balaban J connectivity index is 1.83. The van der Waals surface area contributed by atoms with Crippen LogP contribution in [0.1, 0.15) is 30.3 Å². The van der Waals surface area contributed by atoms with Crippen molar-refractivity contribution in [2.24, 2.45) is 0 Å². The van der Waals surface area contributed by atoms with Gasteiger partial charge in [0.2, 0.25) is 0 Å². The van der Waals surface area contributed by atoms with Crippen LogP contribution in [0.25, 0.3) is 0 Å². The quantitative estimate of drug-likeness (QED) is 0.914. The first kappa shape index (κ1) is 15.5. The molecule has 0 atom stereocenters. The monoisotopic (exact) mass is 312 g/mol. The van der Waals surface area contributed by atoms with Crippen LogP contribution in [-0.4, -0.2) is 52.6 Å². The Bertz CT molecular complexity index is 518. The van der Waals surface area contributed by atoms with E-state index in [-0.39, 0.29) is 28.9 Å². The Morgan fingerprint density at radius 1 is 1.43 bits per heavy atom. The van der Waals surface area contributed by atoms with Crippen LogP contribution < -0.4 is 5.32 Å². The molecule has 1 fully saturated rings. The van der Waals surface area contributed by atoms with Gasteiger partial charge in [-0.05, 0) is 19.8 Å². The topological polar surface area (TPSA) is 84.4 Å². The van der Waals surface area contributed by atoms with E-state index in [1.165, 1.54) is 12.4 Å². The van der Waals surface area contributed by atoms with Gasteiger partial charge in [0.1, 0.15) is 10.8 Å². The number of piperidine rings is 1. The molecular formula is C13H17ClN4O3. The lowest BCUT2D eigenvalue weighted by Crippen LogP contribution is -2.46. The van der Waals surface area contributed by atoms with Crippen LogP contribution in [0.2, 0.25) is 5.15 Å². The largest absolute Gasteiger partial charge is 0.450 e. The van der Waals surface area contributed by atoms with Crippen molar-refractivity contribution < 1.29 is 14.3 Å². The van der Waals surface area contributed by atoms with Gasteiger partial charge in [0, 0.05) is 19.1 Å². The van der Waals surface area contributed by atoms with E-state index in [0.29, 0.717) is 32.5 Å². The third-order valence-corrected chi connectivity index (χ3v) is 3.38. The molecule has 0 spiro atoms. The summed E-state index contributed by atoms with van der Waals surface area (Å²) in [6, 6.07) is 0.00366. The molecule has 0 saturated carbocycles. The number of hydrogen-bond acceptors (Lipinski definition) is 5. The van der Waals surface area contributed by atoms with E-state index in [4.69, 9.17) is 16.3 Å². The molecule has 8 heteroatoms. The van der Waals surface area contributed by atoms with Gasteiger partial charge in [-0.15, -0.1) is 0 Å². The van der Waals surface area contributed by atoms with Gasteiger partial charge in [0.25, 0.3) is 5.91 Å². The number of hydrogen-bond donors (Lipinski definition) is 1. The highest BCUT2D eigenvalue weighted by Crippen LogP contribution is 2.12. The van der Waals surface area contributed by atoms with Crippen LogP contribution in [-0.2, 0) is 4.74 Å². The SMILES string of the molecule is CCOC(=O)N1CCC(NC(=O)c2cncc(Cl)n2)CC1. The molecule has 1 saturated heterocycles. The number of nitrogens with zero attached hydrogens (tertiary/aromatic N) is 3. The van der Waals surface area contributed by atoms with Gasteiger partial charge >= 0.3 is 6.09 Å². The predicted molar refractivity (Wildman–Crippen MR) is 76.1 cm³/mol. The highest BCUT2D eigenvalue weighted by Gasteiger charge is 2.25. The summed E-state index contributed by atoms with van der Waals surface area (Å²) in [6.45, 7) is 3.26. The number of ether oxygens (including phenoxy) is 1. The zero-order valence-electron chi connectivity index (χ0n) is 11.7. The third-order valence-electron chi connectivity index (χ3n) is 3.19. The lowest BCUT2D eigenvalue weighted by Gasteiger charge is -2.31. The molecule has 0 radical (unpaired) electrons. The van der Waals surface area contributed by atoms with Crippen LogP contribution >= 0.6 is 11.6 Å². The van der Waals surface area contributed by atoms with E-state index in [0.717, 1.165) is 0 Å². The van der Waals surface area contributed by atoms with Gasteiger partial charge in [-0.1, -0.05) is 11.6 Å². The number of carbonyl (C=O) groups excluding carboxylic acids is 2. The predicted octanol–water partition coefficient (Wildman–Crippen LogP) is 1.48. The average Bonchev–Trinajstić information content (AvgIpc) is 2.48. The second-order valence-corrected chi connectivity index (χ2v) is 5.05. The molecule has 0 unspecified atom stereocenters. The number of likely N-dealkylation sites (tertiary alicyclic amines) is 1. The van der Waals surface area contributed by atoms with Crippen LogP contribution in [0, 0.1) is 0 Å². The average molecular weight is 313 g/mol. The molecule has 2 rings (SSSR count). The van der Waals surface area contributed by atoms with Gasteiger partial charge in [-0.3, -0.25) is 9.78 Å². The Morgan fingerprint density at radius 2 is 2.14 bits per heavy atom. The van der Waals surface area contributed by atoms with Crippen molar-refractivity contribution in [3.05, 3.63) is 23.2 Å². The fourth-order valence-corrected chi connectivity index (χ4v) is 2.28. The van der Waals surface area contributed by atoms with Crippen molar-refractivity contribution in [3.63, 3.8) is 0 Å². The molecule has 1 aromatic rings. The number of nitrogens with one attached hydrogen (secondary N) is 1. The number of carbonyl (C=O) groups is 2. The number of aromatic nitrogens is 2. The Kier molecular flexibility index (Phi) is 5.32. The van der Waals surface area contributed by atoms with Crippen LogP contribution in [0.5, 0.6) is 0 Å². The first-order chi connectivity index (χ1) is 10.1. The minimum atomic E-state index is -0.306. The van der Waals surface area contributed by atoms with E-state index in [1.807, 2.05) is 0 Å². The highest BCUT2D eigenvalue weighted by molar-refractivity contribution is 6.29. The molecule has 21 heavy (non-hydrogen) atoms. The van der Waals surface area contributed by atoms with Gasteiger partial charge in [0.15, 0.2) is 0 Å². The van der Waals surface area contributed by atoms with Crippen LogP contribution in [0.4, 0.5) is 4.79 Å². The first-order valence-electron chi connectivity index (χ1n) is 6.80. The van der Waals surface area contributed by atoms with E-state index in [2.05, 4.69) is 15.3 Å². The molecule has 2 amide bonds. The van der Waals surface area contributed by atoms with Gasteiger partial charge < -0.3 is 15.0 Å². The zero-order valence-corrected chi connectivity index (χ0v) is 12.5. The van der Waals surface area contributed by atoms with Gasteiger partial charge in [-0.25, -0.2) is 9.78 Å². The lowest BCUT2D eigenvalue weighted by atomic mass is 10.1. The molecule has 1 aromatic heterocycles. The van der Waals surface area contributed by atoms with Crippen molar-refractivity contribution in [1.29, 1.82) is 0 Å². The second kappa shape index (κ2) is 7.21. The zero-order chi connectivity index (χ0) is 15.2. The maximum Gasteiger partial charge on any atom is 0.409 e. The van der Waals surface area contributed by atoms with Crippen molar-refractivity contribution in [2.45, 2.75) is 25.8 Å². The Morgan fingerprint density at radius 3 is 2.76 bits per heavy atom. The molecule has 0 aromatic carbocycles. The summed E-state index contributed by atoms with van der Waals surface area (Å²) in [5.74, 6) is -0.306. The maximum atomic E-state index is 12.0. The molecule has 1 N–H and O–H groups in total. The lowest BCUT2D eigenvalue weighted by molar-refractivity contribution is 0.0856. The Labute approximate surface area is 127 Å². The normalized spacial score (nSPS) is 15.6. The smallest absolute Gasteiger partial charge is 0.409 e. The molecule has 0 bridgehead atoms. The number of amides is 2. The van der Waals surface area contributed by atoms with Gasteiger partial charge in [0.05, 0.1) is 19.0 Å². The molecular weight excluding hydrogens is 296 g/mol. The maximum absolute atomic E-state index is 12.0. The number of halogens is 1. The molecule has 114 valence electrons. The fraction of sp³-hybridized carbons (Fsp3) is 0.538. The highest BCUT2D eigenvalue weighted by atomic mass is 35.5.